The normalized spacial score (nSPS) is 22.9. The SMILES string of the molecule is CC(NC1=C(NC(C)C(C)(C)C)NS(=O)N1)C(C)(C)C. The molecular weight excluding hydrogens is 272 g/mol. The molecule has 0 amide bonds. The topological polar surface area (TPSA) is 65.2 Å². The molecule has 0 bridgehead atoms. The summed E-state index contributed by atoms with van der Waals surface area (Å²) < 4.78 is 17.6. The quantitative estimate of drug-likeness (QED) is 0.642. The standard InChI is InChI=1S/C14H30N4OS/c1-9(13(3,4)5)15-11-12(18-20(19)17-11)16-10(2)14(6,7)8/h9-10,15-18H,1-8H3. The fourth-order valence-electron chi connectivity index (χ4n) is 1.38. The van der Waals surface area contributed by atoms with Crippen molar-refractivity contribution in [2.75, 3.05) is 0 Å². The first-order valence-corrected chi connectivity index (χ1v) is 8.28. The molecule has 2 unspecified atom stereocenters. The Hall–Kier alpha value is -0.910. The van der Waals surface area contributed by atoms with Crippen molar-refractivity contribution in [3.05, 3.63) is 11.6 Å². The molecule has 1 aliphatic heterocycles. The Morgan fingerprint density at radius 3 is 1.40 bits per heavy atom. The smallest absolute Gasteiger partial charge is 0.222 e. The van der Waals surface area contributed by atoms with Gasteiger partial charge in [-0.15, -0.1) is 0 Å². The summed E-state index contributed by atoms with van der Waals surface area (Å²) in [7, 11) is 0. The van der Waals surface area contributed by atoms with Crippen molar-refractivity contribution in [3.8, 4) is 0 Å². The van der Waals surface area contributed by atoms with Crippen LogP contribution in [-0.2, 0) is 11.2 Å². The fourth-order valence-corrected chi connectivity index (χ4v) is 2.13. The summed E-state index contributed by atoms with van der Waals surface area (Å²) >= 11 is -1.27. The Labute approximate surface area is 126 Å². The highest BCUT2D eigenvalue weighted by Crippen LogP contribution is 2.22. The molecule has 1 heterocycles. The van der Waals surface area contributed by atoms with Gasteiger partial charge in [-0.1, -0.05) is 41.5 Å². The first-order chi connectivity index (χ1) is 8.91. The van der Waals surface area contributed by atoms with Crippen molar-refractivity contribution in [2.45, 2.75) is 67.5 Å². The van der Waals surface area contributed by atoms with Crippen LogP contribution in [0.2, 0.25) is 0 Å². The summed E-state index contributed by atoms with van der Waals surface area (Å²) in [6.45, 7) is 17.3. The third-order valence-corrected chi connectivity index (χ3v) is 4.74. The minimum atomic E-state index is -1.27. The van der Waals surface area contributed by atoms with Gasteiger partial charge in [-0.05, 0) is 24.7 Å². The molecule has 0 aromatic heterocycles. The van der Waals surface area contributed by atoms with E-state index in [0.717, 1.165) is 11.6 Å². The van der Waals surface area contributed by atoms with Gasteiger partial charge in [0.05, 0.1) is 0 Å². The number of hydrogen-bond donors (Lipinski definition) is 4. The van der Waals surface area contributed by atoms with Gasteiger partial charge in [-0.2, -0.15) is 0 Å². The Kier molecular flexibility index (Phi) is 5.00. The van der Waals surface area contributed by atoms with Crippen molar-refractivity contribution < 1.29 is 4.21 Å². The van der Waals surface area contributed by atoms with Crippen LogP contribution in [0.3, 0.4) is 0 Å². The number of nitrogens with one attached hydrogen (secondary N) is 4. The van der Waals surface area contributed by atoms with Gasteiger partial charge in [-0.3, -0.25) is 9.44 Å². The molecule has 2 atom stereocenters. The van der Waals surface area contributed by atoms with Crippen LogP contribution in [-0.4, -0.2) is 16.3 Å². The summed E-state index contributed by atoms with van der Waals surface area (Å²) in [5, 5.41) is 6.81. The maximum Gasteiger partial charge on any atom is 0.222 e. The van der Waals surface area contributed by atoms with Gasteiger partial charge in [-0.25, -0.2) is 4.21 Å². The predicted octanol–water partition coefficient (Wildman–Crippen LogP) is 1.93. The zero-order chi connectivity index (χ0) is 15.7. The third kappa shape index (κ3) is 4.58. The Bertz CT molecular complexity index is 370. The molecule has 0 saturated heterocycles. The highest BCUT2D eigenvalue weighted by Gasteiger charge is 2.28. The zero-order valence-electron chi connectivity index (χ0n) is 14.0. The lowest BCUT2D eigenvalue weighted by Crippen LogP contribution is -2.43. The lowest BCUT2D eigenvalue weighted by Gasteiger charge is -2.31. The summed E-state index contributed by atoms with van der Waals surface area (Å²) in [6, 6.07) is 0.507. The van der Waals surface area contributed by atoms with Crippen LogP contribution in [0.1, 0.15) is 55.4 Å². The highest BCUT2D eigenvalue weighted by molar-refractivity contribution is 7.81. The minimum absolute atomic E-state index is 0.125. The average molecular weight is 302 g/mol. The van der Waals surface area contributed by atoms with Crippen LogP contribution in [0.5, 0.6) is 0 Å². The Morgan fingerprint density at radius 1 is 0.850 bits per heavy atom. The predicted molar refractivity (Wildman–Crippen MR) is 85.5 cm³/mol. The molecule has 0 radical (unpaired) electrons. The molecule has 4 N–H and O–H groups in total. The van der Waals surface area contributed by atoms with E-state index in [0.29, 0.717) is 0 Å². The Balaban J connectivity index is 2.83. The fraction of sp³-hybridized carbons (Fsp3) is 0.857. The van der Waals surface area contributed by atoms with Crippen molar-refractivity contribution >= 4 is 11.2 Å². The van der Waals surface area contributed by atoms with E-state index in [4.69, 9.17) is 0 Å². The highest BCUT2D eigenvalue weighted by atomic mass is 32.2. The monoisotopic (exact) mass is 302 g/mol. The molecule has 1 rings (SSSR count). The molecule has 0 fully saturated rings. The van der Waals surface area contributed by atoms with E-state index < -0.39 is 11.2 Å². The maximum absolute atomic E-state index is 11.7. The van der Waals surface area contributed by atoms with Gasteiger partial charge in [0, 0.05) is 12.1 Å². The number of rotatable bonds is 4. The minimum Gasteiger partial charge on any atom is -0.365 e. The molecule has 0 aliphatic carbocycles. The van der Waals surface area contributed by atoms with Crippen molar-refractivity contribution in [2.24, 2.45) is 10.8 Å². The van der Waals surface area contributed by atoms with Gasteiger partial charge in [0.2, 0.25) is 11.2 Å². The molecule has 0 spiro atoms. The van der Waals surface area contributed by atoms with Gasteiger partial charge in [0.1, 0.15) is 0 Å². The number of hydrogen-bond acceptors (Lipinski definition) is 3. The molecular formula is C14H30N4OS. The largest absolute Gasteiger partial charge is 0.365 e. The van der Waals surface area contributed by atoms with E-state index in [1.807, 2.05) is 0 Å². The summed E-state index contributed by atoms with van der Waals surface area (Å²) in [5.41, 5.74) is 0.249. The molecule has 0 saturated carbocycles. The lowest BCUT2D eigenvalue weighted by atomic mass is 9.88. The van der Waals surface area contributed by atoms with E-state index in [9.17, 15) is 4.21 Å². The maximum atomic E-state index is 11.7. The summed E-state index contributed by atoms with van der Waals surface area (Å²) in [5.74, 6) is 1.56. The molecule has 1 aliphatic rings. The van der Waals surface area contributed by atoms with Crippen molar-refractivity contribution in [1.29, 1.82) is 0 Å². The molecule has 6 heteroatoms. The van der Waals surface area contributed by atoms with Crippen molar-refractivity contribution in [3.63, 3.8) is 0 Å². The van der Waals surface area contributed by atoms with Crippen LogP contribution in [0.15, 0.2) is 11.6 Å². The third-order valence-electron chi connectivity index (χ3n) is 3.96. The van der Waals surface area contributed by atoms with Gasteiger partial charge in [0.25, 0.3) is 0 Å². The van der Waals surface area contributed by atoms with E-state index in [1.165, 1.54) is 0 Å². The summed E-state index contributed by atoms with van der Waals surface area (Å²) in [4.78, 5) is 0. The molecule has 118 valence electrons. The van der Waals surface area contributed by atoms with Crippen LogP contribution in [0, 0.1) is 10.8 Å². The van der Waals surface area contributed by atoms with Crippen LogP contribution in [0.4, 0.5) is 0 Å². The van der Waals surface area contributed by atoms with E-state index >= 15 is 0 Å². The first kappa shape index (κ1) is 17.1. The van der Waals surface area contributed by atoms with Gasteiger partial charge in [0.15, 0.2) is 11.6 Å². The van der Waals surface area contributed by atoms with E-state index in [-0.39, 0.29) is 22.9 Å². The Morgan fingerprint density at radius 2 is 1.15 bits per heavy atom. The molecule has 5 nitrogen and oxygen atoms in total. The lowest BCUT2D eigenvalue weighted by molar-refractivity contribution is 0.290. The van der Waals surface area contributed by atoms with Crippen LogP contribution in [0.25, 0.3) is 0 Å². The molecule has 20 heavy (non-hydrogen) atoms. The van der Waals surface area contributed by atoms with Crippen LogP contribution >= 0.6 is 0 Å². The van der Waals surface area contributed by atoms with Gasteiger partial charge >= 0.3 is 0 Å². The molecule has 0 aromatic rings. The molecule has 0 aromatic carbocycles. The summed E-state index contributed by atoms with van der Waals surface area (Å²) in [6.07, 6.45) is 0. The second kappa shape index (κ2) is 5.84. The van der Waals surface area contributed by atoms with Gasteiger partial charge < -0.3 is 10.6 Å². The van der Waals surface area contributed by atoms with Crippen molar-refractivity contribution in [1.82, 2.24) is 20.1 Å². The average Bonchev–Trinajstić information content (AvgIpc) is 2.56. The first-order valence-electron chi connectivity index (χ1n) is 7.13. The second-order valence-corrected chi connectivity index (χ2v) is 8.63. The van der Waals surface area contributed by atoms with E-state index in [1.54, 1.807) is 0 Å². The van der Waals surface area contributed by atoms with Crippen LogP contribution < -0.4 is 20.1 Å². The van der Waals surface area contributed by atoms with E-state index in [2.05, 4.69) is 75.5 Å². The second-order valence-electron chi connectivity index (χ2n) is 7.69. The zero-order valence-corrected chi connectivity index (χ0v) is 14.8.